The minimum absolute atomic E-state index is 0.568. The van der Waals surface area contributed by atoms with E-state index in [1.807, 2.05) is 30.3 Å². The lowest BCUT2D eigenvalue weighted by Gasteiger charge is -1.98. The van der Waals surface area contributed by atoms with E-state index >= 15 is 0 Å². The van der Waals surface area contributed by atoms with E-state index in [1.165, 1.54) is 7.11 Å². The van der Waals surface area contributed by atoms with Gasteiger partial charge in [-0.25, -0.2) is 4.79 Å². The molecular weight excluding hydrogens is 166 g/mol. The molecule has 0 aromatic heterocycles. The number of ether oxygens (including phenoxy) is 1. The fourth-order valence-corrected chi connectivity index (χ4v) is 0.926. The van der Waals surface area contributed by atoms with Gasteiger partial charge in [-0.05, 0) is 12.5 Å². The molecule has 0 atom stereocenters. The van der Waals surface area contributed by atoms with Crippen LogP contribution in [0.3, 0.4) is 0 Å². The molecule has 0 aliphatic rings. The van der Waals surface area contributed by atoms with Crippen LogP contribution in [0.5, 0.6) is 0 Å². The molecular formula is C10H11NO2. The Labute approximate surface area is 77.1 Å². The lowest BCUT2D eigenvalue weighted by Crippen LogP contribution is -2.00. The molecule has 0 fully saturated rings. The number of rotatable bonds is 1. The lowest BCUT2D eigenvalue weighted by molar-refractivity contribution is 0.182. The first-order chi connectivity index (χ1) is 6.24. The summed E-state index contributed by atoms with van der Waals surface area (Å²) in [5.41, 5.74) is 1.58. The van der Waals surface area contributed by atoms with Crippen LogP contribution in [0, 0.1) is 0 Å². The lowest BCUT2D eigenvalue weighted by atomic mass is 10.1. The number of methoxy groups -OCH3 is 1. The summed E-state index contributed by atoms with van der Waals surface area (Å²) in [6, 6.07) is 9.48. The van der Waals surface area contributed by atoms with Crippen LogP contribution >= 0.6 is 0 Å². The van der Waals surface area contributed by atoms with Gasteiger partial charge in [0, 0.05) is 0 Å². The number of aliphatic imine (C=N–C) groups is 1. The van der Waals surface area contributed by atoms with Gasteiger partial charge in [0.2, 0.25) is 0 Å². The molecule has 0 saturated carbocycles. The molecule has 13 heavy (non-hydrogen) atoms. The molecule has 0 bridgehead atoms. The van der Waals surface area contributed by atoms with Gasteiger partial charge in [0.05, 0.1) is 12.8 Å². The van der Waals surface area contributed by atoms with E-state index in [-0.39, 0.29) is 0 Å². The monoisotopic (exact) mass is 177 g/mol. The van der Waals surface area contributed by atoms with Crippen LogP contribution in [0.15, 0.2) is 35.3 Å². The predicted molar refractivity (Wildman–Crippen MR) is 51.1 cm³/mol. The average Bonchev–Trinajstić information content (AvgIpc) is 2.19. The van der Waals surface area contributed by atoms with Crippen LogP contribution in [-0.2, 0) is 4.74 Å². The van der Waals surface area contributed by atoms with Crippen LogP contribution in [0.4, 0.5) is 4.79 Å². The molecule has 0 saturated heterocycles. The summed E-state index contributed by atoms with van der Waals surface area (Å²) in [5.74, 6) is 0. The van der Waals surface area contributed by atoms with Crippen LogP contribution in [-0.4, -0.2) is 18.9 Å². The Balaban J connectivity index is 2.85. The molecule has 1 amide bonds. The quantitative estimate of drug-likeness (QED) is 0.617. The third-order valence-electron chi connectivity index (χ3n) is 1.63. The molecule has 1 aromatic rings. The summed E-state index contributed by atoms with van der Waals surface area (Å²) >= 11 is 0. The van der Waals surface area contributed by atoms with E-state index in [2.05, 4.69) is 9.73 Å². The van der Waals surface area contributed by atoms with Crippen molar-refractivity contribution in [1.29, 1.82) is 0 Å². The van der Waals surface area contributed by atoms with E-state index in [0.29, 0.717) is 5.71 Å². The second-order valence-electron chi connectivity index (χ2n) is 2.53. The van der Waals surface area contributed by atoms with Crippen molar-refractivity contribution in [3.8, 4) is 0 Å². The summed E-state index contributed by atoms with van der Waals surface area (Å²) in [6.07, 6.45) is -0.568. The van der Waals surface area contributed by atoms with Crippen molar-refractivity contribution in [3.05, 3.63) is 35.9 Å². The maximum Gasteiger partial charge on any atom is 0.433 e. The van der Waals surface area contributed by atoms with Crippen molar-refractivity contribution < 1.29 is 9.53 Å². The van der Waals surface area contributed by atoms with Gasteiger partial charge in [-0.1, -0.05) is 30.3 Å². The predicted octanol–water partition coefficient (Wildman–Crippen LogP) is 2.26. The molecule has 68 valence electrons. The van der Waals surface area contributed by atoms with Crippen molar-refractivity contribution in [2.45, 2.75) is 6.92 Å². The number of carbonyl (C=O) groups excluding carboxylic acids is 1. The molecule has 0 N–H and O–H groups in total. The molecule has 0 aliphatic heterocycles. The van der Waals surface area contributed by atoms with Crippen molar-refractivity contribution in [2.24, 2.45) is 4.99 Å². The van der Waals surface area contributed by atoms with Crippen LogP contribution in [0.2, 0.25) is 0 Å². The van der Waals surface area contributed by atoms with Gasteiger partial charge in [0.15, 0.2) is 0 Å². The van der Waals surface area contributed by atoms with Gasteiger partial charge in [0.1, 0.15) is 0 Å². The number of benzene rings is 1. The topological polar surface area (TPSA) is 38.7 Å². The summed E-state index contributed by atoms with van der Waals surface area (Å²) in [5, 5.41) is 0. The Morgan fingerprint density at radius 1 is 1.31 bits per heavy atom. The molecule has 3 heteroatoms. The highest BCUT2D eigenvalue weighted by Gasteiger charge is 1.99. The van der Waals surface area contributed by atoms with Crippen LogP contribution < -0.4 is 0 Å². The van der Waals surface area contributed by atoms with Crippen molar-refractivity contribution >= 4 is 11.8 Å². The van der Waals surface area contributed by atoms with Gasteiger partial charge >= 0.3 is 6.09 Å². The highest BCUT2D eigenvalue weighted by Crippen LogP contribution is 2.01. The van der Waals surface area contributed by atoms with Crippen LogP contribution in [0.25, 0.3) is 0 Å². The zero-order valence-corrected chi connectivity index (χ0v) is 7.65. The van der Waals surface area contributed by atoms with Gasteiger partial charge < -0.3 is 4.74 Å². The molecule has 0 unspecified atom stereocenters. The molecule has 0 aliphatic carbocycles. The normalized spacial score (nSPS) is 11.1. The van der Waals surface area contributed by atoms with Gasteiger partial charge in [0.25, 0.3) is 0 Å². The second kappa shape index (κ2) is 4.40. The van der Waals surface area contributed by atoms with E-state index in [0.717, 1.165) is 5.56 Å². The summed E-state index contributed by atoms with van der Waals surface area (Å²) < 4.78 is 4.42. The van der Waals surface area contributed by atoms with Gasteiger partial charge in [-0.15, -0.1) is 0 Å². The number of amides is 1. The number of nitrogens with zero attached hydrogens (tertiary/aromatic N) is 1. The number of carbonyl (C=O) groups is 1. The van der Waals surface area contributed by atoms with E-state index in [9.17, 15) is 4.79 Å². The van der Waals surface area contributed by atoms with Crippen molar-refractivity contribution in [1.82, 2.24) is 0 Å². The minimum atomic E-state index is -0.568. The Bertz CT molecular complexity index is 317. The zero-order valence-electron chi connectivity index (χ0n) is 7.65. The van der Waals surface area contributed by atoms with Gasteiger partial charge in [-0.3, -0.25) is 0 Å². The zero-order chi connectivity index (χ0) is 9.68. The minimum Gasteiger partial charge on any atom is -0.451 e. The third kappa shape index (κ3) is 2.71. The first-order valence-electron chi connectivity index (χ1n) is 3.92. The average molecular weight is 177 g/mol. The summed E-state index contributed by atoms with van der Waals surface area (Å²) in [4.78, 5) is 14.5. The molecule has 3 nitrogen and oxygen atoms in total. The molecule has 0 spiro atoms. The standard InChI is InChI=1S/C10H11NO2/c1-8(11-10(12)13-2)9-6-4-3-5-7-9/h3-7H,1-2H3/b11-8+. The smallest absolute Gasteiger partial charge is 0.433 e. The Morgan fingerprint density at radius 2 is 1.92 bits per heavy atom. The highest BCUT2D eigenvalue weighted by molar-refractivity contribution is 6.03. The maximum atomic E-state index is 10.8. The van der Waals surface area contributed by atoms with Crippen LogP contribution in [0.1, 0.15) is 12.5 Å². The first-order valence-corrected chi connectivity index (χ1v) is 3.92. The fraction of sp³-hybridized carbons (Fsp3) is 0.200. The third-order valence-corrected chi connectivity index (χ3v) is 1.63. The SMILES string of the molecule is COC(=O)/N=C(\C)c1ccccc1. The molecule has 0 heterocycles. The van der Waals surface area contributed by atoms with E-state index in [4.69, 9.17) is 0 Å². The van der Waals surface area contributed by atoms with Gasteiger partial charge in [-0.2, -0.15) is 4.99 Å². The van der Waals surface area contributed by atoms with Crippen molar-refractivity contribution in [2.75, 3.05) is 7.11 Å². The first kappa shape index (κ1) is 9.45. The Hall–Kier alpha value is -1.64. The number of hydrogen-bond donors (Lipinski definition) is 0. The Morgan fingerprint density at radius 3 is 2.46 bits per heavy atom. The highest BCUT2D eigenvalue weighted by atomic mass is 16.5. The summed E-state index contributed by atoms with van der Waals surface area (Å²) in [6.45, 7) is 1.77. The maximum absolute atomic E-state index is 10.8. The van der Waals surface area contributed by atoms with E-state index in [1.54, 1.807) is 6.92 Å². The molecule has 1 aromatic carbocycles. The second-order valence-corrected chi connectivity index (χ2v) is 2.53. The fourth-order valence-electron chi connectivity index (χ4n) is 0.926. The largest absolute Gasteiger partial charge is 0.451 e. The van der Waals surface area contributed by atoms with Crippen molar-refractivity contribution in [3.63, 3.8) is 0 Å². The molecule has 0 radical (unpaired) electrons. The summed E-state index contributed by atoms with van der Waals surface area (Å²) in [7, 11) is 1.31. The molecule has 1 rings (SSSR count). The Kier molecular flexibility index (Phi) is 3.20. The number of hydrogen-bond acceptors (Lipinski definition) is 2. The van der Waals surface area contributed by atoms with E-state index < -0.39 is 6.09 Å².